The van der Waals surface area contributed by atoms with Crippen LogP contribution in [0.2, 0.25) is 5.02 Å². The van der Waals surface area contributed by atoms with E-state index >= 15 is 0 Å². The van der Waals surface area contributed by atoms with Crippen molar-refractivity contribution < 1.29 is 9.53 Å². The second-order valence-corrected chi connectivity index (χ2v) is 6.08. The molecule has 1 aromatic heterocycles. The van der Waals surface area contributed by atoms with Crippen LogP contribution in [0.25, 0.3) is 0 Å². The standard InChI is InChI=1S/C14H21ClN2O2/c1-7(2)17-13(11(15)6-16-17)14(18)12-8(3)9(4)19-10(12)5/h6-10,12H,1-5H3. The maximum absolute atomic E-state index is 12.8. The summed E-state index contributed by atoms with van der Waals surface area (Å²) in [6, 6.07) is 0.108. The molecule has 1 aromatic rings. The molecule has 0 spiro atoms. The smallest absolute Gasteiger partial charge is 0.188 e. The fourth-order valence-electron chi connectivity index (χ4n) is 2.84. The molecule has 4 atom stereocenters. The van der Waals surface area contributed by atoms with Gasteiger partial charge in [0.25, 0.3) is 0 Å². The zero-order valence-electron chi connectivity index (χ0n) is 12.1. The molecule has 1 aliphatic heterocycles. The topological polar surface area (TPSA) is 44.1 Å². The summed E-state index contributed by atoms with van der Waals surface area (Å²) in [5.41, 5.74) is 0.512. The van der Waals surface area contributed by atoms with Crippen molar-refractivity contribution in [3.8, 4) is 0 Å². The van der Waals surface area contributed by atoms with Gasteiger partial charge in [0.1, 0.15) is 5.69 Å². The van der Waals surface area contributed by atoms with Gasteiger partial charge in [0.05, 0.1) is 29.3 Å². The highest BCUT2D eigenvalue weighted by molar-refractivity contribution is 6.33. The SMILES string of the molecule is CC1OC(C)C(C(=O)c2c(Cl)cnn2C(C)C)C1C. The van der Waals surface area contributed by atoms with Crippen LogP contribution in [0.3, 0.4) is 0 Å². The summed E-state index contributed by atoms with van der Waals surface area (Å²) in [7, 11) is 0. The molecule has 0 saturated carbocycles. The molecule has 19 heavy (non-hydrogen) atoms. The molecule has 0 amide bonds. The fraction of sp³-hybridized carbons (Fsp3) is 0.714. The van der Waals surface area contributed by atoms with Crippen molar-refractivity contribution >= 4 is 17.4 Å². The van der Waals surface area contributed by atoms with E-state index in [1.54, 1.807) is 10.9 Å². The van der Waals surface area contributed by atoms with Crippen molar-refractivity contribution in [3.05, 3.63) is 16.9 Å². The van der Waals surface area contributed by atoms with Gasteiger partial charge < -0.3 is 4.74 Å². The molecule has 2 heterocycles. The van der Waals surface area contributed by atoms with Crippen molar-refractivity contribution in [1.82, 2.24) is 9.78 Å². The van der Waals surface area contributed by atoms with Gasteiger partial charge in [-0.25, -0.2) is 0 Å². The largest absolute Gasteiger partial charge is 0.374 e. The molecular formula is C14H21ClN2O2. The number of carbonyl (C=O) groups excluding carboxylic acids is 1. The highest BCUT2D eigenvalue weighted by atomic mass is 35.5. The Kier molecular flexibility index (Phi) is 4.02. The third kappa shape index (κ3) is 2.43. The minimum Gasteiger partial charge on any atom is -0.374 e. The number of halogens is 1. The van der Waals surface area contributed by atoms with E-state index in [1.165, 1.54) is 0 Å². The highest BCUT2D eigenvalue weighted by Gasteiger charge is 2.43. The summed E-state index contributed by atoms with van der Waals surface area (Å²) >= 11 is 6.15. The summed E-state index contributed by atoms with van der Waals surface area (Å²) in [6.07, 6.45) is 1.56. The molecule has 0 aromatic carbocycles. The number of aromatic nitrogens is 2. The summed E-state index contributed by atoms with van der Waals surface area (Å²) in [5.74, 6) is 0.0799. The monoisotopic (exact) mass is 284 g/mol. The molecule has 0 N–H and O–H groups in total. The molecule has 0 bridgehead atoms. The number of carbonyl (C=O) groups is 1. The van der Waals surface area contributed by atoms with Crippen molar-refractivity contribution in [3.63, 3.8) is 0 Å². The Hall–Kier alpha value is -0.870. The van der Waals surface area contributed by atoms with Gasteiger partial charge in [-0.2, -0.15) is 5.10 Å². The van der Waals surface area contributed by atoms with E-state index in [-0.39, 0.29) is 35.9 Å². The lowest BCUT2D eigenvalue weighted by molar-refractivity contribution is 0.0488. The predicted molar refractivity (Wildman–Crippen MR) is 74.6 cm³/mol. The van der Waals surface area contributed by atoms with E-state index in [1.807, 2.05) is 27.7 Å². The minimum atomic E-state index is -0.151. The van der Waals surface area contributed by atoms with Gasteiger partial charge >= 0.3 is 0 Å². The molecular weight excluding hydrogens is 264 g/mol. The Labute approximate surface area is 119 Å². The normalized spacial score (nSPS) is 31.1. The predicted octanol–water partition coefficient (Wildman–Crippen LogP) is 3.36. The summed E-state index contributed by atoms with van der Waals surface area (Å²) in [5, 5.41) is 4.63. The number of hydrogen-bond acceptors (Lipinski definition) is 3. The lowest BCUT2D eigenvalue weighted by Crippen LogP contribution is -2.29. The number of ether oxygens (including phenoxy) is 1. The van der Waals surface area contributed by atoms with E-state index < -0.39 is 0 Å². The molecule has 106 valence electrons. The molecule has 4 unspecified atom stereocenters. The number of nitrogens with zero attached hydrogens (tertiary/aromatic N) is 2. The van der Waals surface area contributed by atoms with Crippen LogP contribution in [0, 0.1) is 11.8 Å². The fourth-order valence-corrected chi connectivity index (χ4v) is 3.06. The first kappa shape index (κ1) is 14.5. The van der Waals surface area contributed by atoms with Gasteiger partial charge in [0, 0.05) is 6.04 Å². The van der Waals surface area contributed by atoms with Crippen molar-refractivity contribution in [2.45, 2.75) is 52.9 Å². The first-order valence-corrected chi connectivity index (χ1v) is 7.15. The van der Waals surface area contributed by atoms with Gasteiger partial charge in [-0.3, -0.25) is 9.48 Å². The van der Waals surface area contributed by atoms with Crippen LogP contribution in [-0.4, -0.2) is 27.8 Å². The second-order valence-electron chi connectivity index (χ2n) is 5.67. The van der Waals surface area contributed by atoms with Gasteiger partial charge in [-0.05, 0) is 33.6 Å². The summed E-state index contributed by atoms with van der Waals surface area (Å²) in [4.78, 5) is 12.8. The molecule has 5 heteroatoms. The molecule has 4 nitrogen and oxygen atoms in total. The molecule has 1 fully saturated rings. The molecule has 0 aliphatic carbocycles. The number of Topliss-reactive ketones (excluding diaryl/α,β-unsaturated/α-hetero) is 1. The summed E-state index contributed by atoms with van der Waals surface area (Å²) in [6.45, 7) is 9.99. The zero-order chi connectivity index (χ0) is 14.3. The Morgan fingerprint density at radius 3 is 2.47 bits per heavy atom. The maximum atomic E-state index is 12.8. The quantitative estimate of drug-likeness (QED) is 0.800. The molecule has 2 rings (SSSR count). The Balaban J connectivity index is 2.37. The van der Waals surface area contributed by atoms with Gasteiger partial charge in [-0.1, -0.05) is 18.5 Å². The van der Waals surface area contributed by atoms with Gasteiger partial charge in [-0.15, -0.1) is 0 Å². The van der Waals surface area contributed by atoms with Crippen LogP contribution in [0.15, 0.2) is 6.20 Å². The van der Waals surface area contributed by atoms with Crippen LogP contribution in [0.1, 0.15) is 51.1 Å². The van der Waals surface area contributed by atoms with Crippen LogP contribution in [-0.2, 0) is 4.74 Å². The average Bonchev–Trinajstić information content (AvgIpc) is 2.81. The Morgan fingerprint density at radius 1 is 1.37 bits per heavy atom. The van der Waals surface area contributed by atoms with Crippen LogP contribution < -0.4 is 0 Å². The average molecular weight is 285 g/mol. The lowest BCUT2D eigenvalue weighted by Gasteiger charge is -2.19. The first-order chi connectivity index (χ1) is 8.84. The number of ketones is 1. The van der Waals surface area contributed by atoms with Crippen LogP contribution in [0.5, 0.6) is 0 Å². The van der Waals surface area contributed by atoms with E-state index in [0.29, 0.717) is 10.7 Å². The molecule has 1 aliphatic rings. The third-order valence-corrected chi connectivity index (χ3v) is 4.29. The zero-order valence-corrected chi connectivity index (χ0v) is 12.8. The van der Waals surface area contributed by atoms with Crippen molar-refractivity contribution in [2.75, 3.05) is 0 Å². The van der Waals surface area contributed by atoms with Crippen LogP contribution in [0.4, 0.5) is 0 Å². The Morgan fingerprint density at radius 2 is 2.00 bits per heavy atom. The van der Waals surface area contributed by atoms with E-state index in [4.69, 9.17) is 16.3 Å². The van der Waals surface area contributed by atoms with Crippen molar-refractivity contribution in [2.24, 2.45) is 11.8 Å². The first-order valence-electron chi connectivity index (χ1n) is 6.77. The van der Waals surface area contributed by atoms with E-state index in [2.05, 4.69) is 12.0 Å². The van der Waals surface area contributed by atoms with Crippen LogP contribution >= 0.6 is 11.6 Å². The number of hydrogen-bond donors (Lipinski definition) is 0. The molecule has 1 saturated heterocycles. The van der Waals surface area contributed by atoms with E-state index in [0.717, 1.165) is 0 Å². The number of rotatable bonds is 3. The highest BCUT2D eigenvalue weighted by Crippen LogP contribution is 2.36. The molecule has 0 radical (unpaired) electrons. The van der Waals surface area contributed by atoms with Gasteiger partial charge in [0.15, 0.2) is 5.78 Å². The second kappa shape index (κ2) is 5.25. The Bertz CT molecular complexity index is 484. The van der Waals surface area contributed by atoms with Crippen molar-refractivity contribution in [1.29, 1.82) is 0 Å². The minimum absolute atomic E-state index is 0.0422. The maximum Gasteiger partial charge on any atom is 0.188 e. The lowest BCUT2D eigenvalue weighted by atomic mass is 9.85. The summed E-state index contributed by atoms with van der Waals surface area (Å²) < 4.78 is 7.45. The third-order valence-electron chi connectivity index (χ3n) is 4.02. The van der Waals surface area contributed by atoms with E-state index in [9.17, 15) is 4.79 Å². The van der Waals surface area contributed by atoms with Gasteiger partial charge in [0.2, 0.25) is 0 Å².